The van der Waals surface area contributed by atoms with Gasteiger partial charge in [0.15, 0.2) is 5.70 Å². The molecule has 0 spiro atoms. The molecule has 3 aromatic rings. The Morgan fingerprint density at radius 3 is 1.59 bits per heavy atom. The Bertz CT molecular complexity index is 2360. The lowest BCUT2D eigenvalue weighted by atomic mass is 9.74. The highest BCUT2D eigenvalue weighted by atomic mass is 19.4. The van der Waals surface area contributed by atoms with Gasteiger partial charge in [-0.2, -0.15) is 26.3 Å². The van der Waals surface area contributed by atoms with E-state index in [-0.39, 0.29) is 35.1 Å². The lowest BCUT2D eigenvalue weighted by molar-refractivity contribution is -0.384. The van der Waals surface area contributed by atoms with E-state index in [9.17, 15) is 38.9 Å². The zero-order valence-electron chi connectivity index (χ0n) is 33.5. The number of non-ortho nitro benzene ring substituents is 1. The second-order valence-corrected chi connectivity index (χ2v) is 14.9. The molecule has 4 amide bonds. The minimum Gasteiger partial charge on any atom is -0.463 e. The molecule has 0 aromatic heterocycles. The first kappa shape index (κ1) is 45.8. The van der Waals surface area contributed by atoms with E-state index >= 15 is 26.3 Å². The number of amides is 4. The fourth-order valence-corrected chi connectivity index (χ4v) is 7.89. The number of hydrogen-bond donors (Lipinski definition) is 0. The van der Waals surface area contributed by atoms with Gasteiger partial charge in [0.1, 0.15) is 24.8 Å². The number of esters is 2. The minimum absolute atomic E-state index is 0.00529. The Morgan fingerprint density at radius 1 is 0.714 bits per heavy atom. The van der Waals surface area contributed by atoms with Crippen molar-refractivity contribution in [3.63, 3.8) is 0 Å². The van der Waals surface area contributed by atoms with Crippen molar-refractivity contribution in [3.8, 4) is 0 Å². The summed E-state index contributed by atoms with van der Waals surface area (Å²) in [7, 11) is 0. The van der Waals surface area contributed by atoms with E-state index < -0.39 is 118 Å². The second-order valence-electron chi connectivity index (χ2n) is 14.9. The maximum atomic E-state index is 15.0. The smallest absolute Gasteiger partial charge is 0.433 e. The van der Waals surface area contributed by atoms with Crippen LogP contribution < -0.4 is 0 Å². The van der Waals surface area contributed by atoms with Crippen molar-refractivity contribution in [2.75, 3.05) is 13.2 Å². The van der Waals surface area contributed by atoms with Crippen LogP contribution >= 0.6 is 0 Å². The van der Waals surface area contributed by atoms with Gasteiger partial charge in [0, 0.05) is 18.1 Å². The fraction of sp³-hybridized carbons (Fsp3) is 0.372. The first-order valence-corrected chi connectivity index (χ1v) is 19.8. The molecule has 3 aromatic carbocycles. The van der Waals surface area contributed by atoms with Crippen LogP contribution in [-0.4, -0.2) is 93.7 Å². The number of imide groups is 2. The standard InChI is InChI=1S/C43H38F6N4O10/c1-3-5-13-25(51-36(54)27-16-7-8-17-28(27)37(51)55)21-62-40(58)32-31(23-12-11-15-24(20-23)53(60)61)33(35(43(47,48)49)50-34(32)42(44,45)46)41(59)63-22-26(14-6-4-2)52-38(56)29-18-9-10-19-30(29)39(52)57/h7-12,15-20,25-26,31-32H,3-6,13-14,21-22H2,1-2H3. The molecule has 0 fully saturated rings. The summed E-state index contributed by atoms with van der Waals surface area (Å²) in [5, 5.41) is 11.9. The summed E-state index contributed by atoms with van der Waals surface area (Å²) in [6, 6.07) is 12.1. The number of allylic oxidation sites excluding steroid dienone is 1. The van der Waals surface area contributed by atoms with Crippen molar-refractivity contribution in [1.29, 1.82) is 0 Å². The summed E-state index contributed by atoms with van der Waals surface area (Å²) in [4.78, 5) is 97.3. The van der Waals surface area contributed by atoms with Crippen LogP contribution in [0, 0.1) is 16.0 Å². The van der Waals surface area contributed by atoms with Gasteiger partial charge in [0.25, 0.3) is 29.3 Å². The van der Waals surface area contributed by atoms with Crippen LogP contribution in [0.5, 0.6) is 0 Å². The third-order valence-electron chi connectivity index (χ3n) is 10.9. The summed E-state index contributed by atoms with van der Waals surface area (Å²) in [5.74, 6) is -12.7. The number of nitro benzene ring substituents is 1. The van der Waals surface area contributed by atoms with E-state index in [0.29, 0.717) is 31.7 Å². The highest BCUT2D eigenvalue weighted by Crippen LogP contribution is 2.48. The van der Waals surface area contributed by atoms with Gasteiger partial charge in [-0.1, -0.05) is 75.9 Å². The molecule has 0 N–H and O–H groups in total. The van der Waals surface area contributed by atoms with E-state index in [1.54, 1.807) is 13.8 Å². The number of carbonyl (C=O) groups is 6. The number of nitrogens with zero attached hydrogens (tertiary/aromatic N) is 4. The van der Waals surface area contributed by atoms with Crippen molar-refractivity contribution < 1.29 is 69.5 Å². The number of fused-ring (bicyclic) bond motifs is 2. The van der Waals surface area contributed by atoms with Crippen molar-refractivity contribution in [1.82, 2.24) is 9.80 Å². The van der Waals surface area contributed by atoms with E-state index in [1.165, 1.54) is 48.5 Å². The number of nitro groups is 1. The Labute approximate surface area is 354 Å². The number of benzene rings is 3. The molecule has 20 heteroatoms. The molecule has 14 nitrogen and oxygen atoms in total. The first-order chi connectivity index (χ1) is 29.8. The maximum absolute atomic E-state index is 15.0. The average molecular weight is 885 g/mol. The third-order valence-corrected chi connectivity index (χ3v) is 10.9. The second kappa shape index (κ2) is 18.3. The van der Waals surface area contributed by atoms with E-state index in [2.05, 4.69) is 4.99 Å². The number of hydrogen-bond acceptors (Lipinski definition) is 11. The van der Waals surface area contributed by atoms with Crippen molar-refractivity contribution >= 4 is 47.0 Å². The number of aliphatic imine (C=N–C) groups is 1. The zero-order valence-corrected chi connectivity index (χ0v) is 33.5. The maximum Gasteiger partial charge on any atom is 0.433 e. The minimum atomic E-state index is -5.85. The molecule has 63 heavy (non-hydrogen) atoms. The van der Waals surface area contributed by atoms with Crippen LogP contribution in [0.1, 0.15) is 105 Å². The molecule has 332 valence electrons. The average Bonchev–Trinajstić information content (AvgIpc) is 3.65. The summed E-state index contributed by atoms with van der Waals surface area (Å²) in [6.45, 7) is 1.60. The summed E-state index contributed by atoms with van der Waals surface area (Å²) < 4.78 is 101. The van der Waals surface area contributed by atoms with Gasteiger partial charge in [0.05, 0.1) is 44.8 Å². The molecule has 4 atom stereocenters. The Kier molecular flexibility index (Phi) is 13.3. The van der Waals surface area contributed by atoms with Crippen molar-refractivity contribution in [2.45, 2.75) is 82.7 Å². The lowest BCUT2D eigenvalue weighted by Gasteiger charge is -2.35. The molecule has 0 radical (unpaired) electrons. The van der Waals surface area contributed by atoms with Crippen LogP contribution in [0.25, 0.3) is 0 Å². The van der Waals surface area contributed by atoms with Gasteiger partial charge >= 0.3 is 24.3 Å². The highest BCUT2D eigenvalue weighted by molar-refractivity contribution is 6.22. The molecule has 0 saturated heterocycles. The molecule has 0 bridgehead atoms. The zero-order chi connectivity index (χ0) is 46.0. The van der Waals surface area contributed by atoms with Gasteiger partial charge in [-0.15, -0.1) is 0 Å². The fourth-order valence-electron chi connectivity index (χ4n) is 7.89. The van der Waals surface area contributed by atoms with Gasteiger partial charge in [-0.3, -0.25) is 43.9 Å². The van der Waals surface area contributed by atoms with Crippen LogP contribution in [0.2, 0.25) is 0 Å². The predicted octanol–water partition coefficient (Wildman–Crippen LogP) is 7.92. The lowest BCUT2D eigenvalue weighted by Crippen LogP contribution is -2.47. The largest absolute Gasteiger partial charge is 0.463 e. The number of halogens is 6. The molecule has 3 heterocycles. The van der Waals surface area contributed by atoms with Gasteiger partial charge in [-0.05, 0) is 42.7 Å². The monoisotopic (exact) mass is 884 g/mol. The summed E-state index contributed by atoms with van der Waals surface area (Å²) >= 11 is 0. The van der Waals surface area contributed by atoms with E-state index in [1.807, 2.05) is 0 Å². The van der Waals surface area contributed by atoms with Crippen LogP contribution in [0.15, 0.2) is 89.1 Å². The number of carbonyl (C=O) groups excluding carboxylic acids is 6. The molecule has 0 saturated carbocycles. The summed E-state index contributed by atoms with van der Waals surface area (Å²) in [6.07, 6.45) is -10.1. The molecular formula is C43H38F6N4O10. The van der Waals surface area contributed by atoms with E-state index in [4.69, 9.17) is 9.47 Å². The number of alkyl halides is 6. The Morgan fingerprint density at radius 2 is 1.17 bits per heavy atom. The molecule has 3 aliphatic heterocycles. The van der Waals surface area contributed by atoms with Gasteiger partial charge in [-0.25, -0.2) is 9.79 Å². The first-order valence-electron chi connectivity index (χ1n) is 19.8. The van der Waals surface area contributed by atoms with Crippen LogP contribution in [0.4, 0.5) is 32.0 Å². The Balaban J connectivity index is 1.42. The predicted molar refractivity (Wildman–Crippen MR) is 208 cm³/mol. The molecule has 4 unspecified atom stereocenters. The number of rotatable bonds is 16. The van der Waals surface area contributed by atoms with Gasteiger partial charge < -0.3 is 9.47 Å². The SMILES string of the molecule is CCCCC(COC(=O)C1=C(C(F)(F)F)N=C(C(F)(F)F)C(C(=O)OCC(CCCC)N2C(=O)c3ccccc3C2=O)C1c1cccc([N+](=O)[O-])c1)N1C(=O)c2ccccc2C1=O. The molecular weight excluding hydrogens is 846 g/mol. The molecule has 0 aliphatic carbocycles. The normalized spacial score (nSPS) is 18.6. The quantitative estimate of drug-likeness (QED) is 0.0450. The van der Waals surface area contributed by atoms with Crippen LogP contribution in [-0.2, 0) is 19.1 Å². The van der Waals surface area contributed by atoms with Gasteiger partial charge in [0.2, 0.25) is 0 Å². The van der Waals surface area contributed by atoms with Crippen molar-refractivity contribution in [3.05, 3.63) is 122 Å². The summed E-state index contributed by atoms with van der Waals surface area (Å²) in [5.41, 5.74) is -8.02. The number of unbranched alkanes of at least 4 members (excludes halogenated alkanes) is 2. The number of ether oxygens (including phenoxy) is 2. The topological polar surface area (TPSA) is 183 Å². The molecule has 6 rings (SSSR count). The Hall–Kier alpha value is -6.73. The van der Waals surface area contributed by atoms with Crippen molar-refractivity contribution in [2.24, 2.45) is 10.9 Å². The third kappa shape index (κ3) is 9.10. The molecule has 3 aliphatic rings. The van der Waals surface area contributed by atoms with Crippen LogP contribution in [0.3, 0.4) is 0 Å². The highest BCUT2D eigenvalue weighted by Gasteiger charge is 2.57. The van der Waals surface area contributed by atoms with E-state index in [0.717, 1.165) is 28.0 Å².